The third kappa shape index (κ3) is 3.92. The lowest BCUT2D eigenvalue weighted by Gasteiger charge is -2.33. The van der Waals surface area contributed by atoms with E-state index in [9.17, 15) is 4.79 Å². The minimum Gasteiger partial charge on any atom is -0.481 e. The minimum atomic E-state index is -1.20. The van der Waals surface area contributed by atoms with Crippen molar-refractivity contribution in [1.29, 1.82) is 0 Å². The van der Waals surface area contributed by atoms with Crippen LogP contribution in [0.1, 0.15) is 32.1 Å². The van der Waals surface area contributed by atoms with Gasteiger partial charge in [-0.2, -0.15) is 0 Å². The summed E-state index contributed by atoms with van der Waals surface area (Å²) in [6, 6.07) is 0.757. The van der Waals surface area contributed by atoms with Crippen LogP contribution in [0.4, 0.5) is 0 Å². The Morgan fingerprint density at radius 3 is 2.79 bits per heavy atom. The lowest BCUT2D eigenvalue weighted by atomic mass is 9.82. The summed E-state index contributed by atoms with van der Waals surface area (Å²) in [4.78, 5) is 13.4. The van der Waals surface area contributed by atoms with Gasteiger partial charge in [0, 0.05) is 18.8 Å². The largest absolute Gasteiger partial charge is 0.481 e. The minimum absolute atomic E-state index is 0.196. The van der Waals surface area contributed by atoms with Crippen LogP contribution in [0.5, 0.6) is 0 Å². The molecule has 0 aromatic carbocycles. The first-order chi connectivity index (χ1) is 9.08. The van der Waals surface area contributed by atoms with Crippen molar-refractivity contribution >= 4 is 13.1 Å². The van der Waals surface area contributed by atoms with Crippen molar-refractivity contribution in [3.8, 4) is 0 Å². The van der Waals surface area contributed by atoms with Crippen LogP contribution in [-0.2, 0) is 4.79 Å². The summed E-state index contributed by atoms with van der Waals surface area (Å²) in [6.07, 6.45) is 4.62. The Hall–Kier alpha value is -0.625. The molecule has 1 aliphatic carbocycles. The van der Waals surface area contributed by atoms with Crippen molar-refractivity contribution in [2.24, 2.45) is 5.92 Å². The summed E-state index contributed by atoms with van der Waals surface area (Å²) < 4.78 is 0. The maximum atomic E-state index is 11.0. The number of aliphatic carboxylic acids is 1. The number of rotatable bonds is 6. The van der Waals surface area contributed by atoms with Gasteiger partial charge < -0.3 is 15.2 Å². The zero-order chi connectivity index (χ0) is 13.8. The topological polar surface area (TPSA) is 93.0 Å². The van der Waals surface area contributed by atoms with E-state index in [-0.39, 0.29) is 5.92 Å². The Bertz CT molecular complexity index is 316. The van der Waals surface area contributed by atoms with E-state index in [4.69, 9.17) is 15.2 Å². The first-order valence-electron chi connectivity index (χ1n) is 7.14. The molecule has 108 valence electrons. The smallest absolute Gasteiger partial charge is 0.451 e. The van der Waals surface area contributed by atoms with Gasteiger partial charge in [-0.1, -0.05) is 6.42 Å². The molecule has 0 amide bonds. The van der Waals surface area contributed by atoms with Gasteiger partial charge in [0.25, 0.3) is 0 Å². The molecule has 1 heterocycles. The van der Waals surface area contributed by atoms with Crippen LogP contribution < -0.4 is 5.32 Å². The molecular weight excluding hydrogens is 247 g/mol. The fourth-order valence-electron chi connectivity index (χ4n) is 3.27. The lowest BCUT2D eigenvalue weighted by Crippen LogP contribution is -2.43. The molecule has 0 aromatic heterocycles. The van der Waals surface area contributed by atoms with Crippen LogP contribution >= 0.6 is 0 Å². The number of carboxylic acid groups (broad SMARTS) is 1. The highest BCUT2D eigenvalue weighted by molar-refractivity contribution is 6.40. The first kappa shape index (κ1) is 14.8. The number of carbonyl (C=O) groups is 1. The predicted octanol–water partition coefficient (Wildman–Crippen LogP) is -0.276. The maximum Gasteiger partial charge on any atom is 0.451 e. The molecule has 1 saturated carbocycles. The Kier molecular flexibility index (Phi) is 5.21. The number of nitrogens with zero attached hydrogens (tertiary/aromatic N) is 1. The van der Waals surface area contributed by atoms with E-state index in [0.717, 1.165) is 45.3 Å². The van der Waals surface area contributed by atoms with Gasteiger partial charge in [0.05, 0.1) is 5.92 Å². The zero-order valence-corrected chi connectivity index (χ0v) is 11.2. The monoisotopic (exact) mass is 270 g/mol. The number of nitrogens with one attached hydrogen (secondary N) is 1. The van der Waals surface area contributed by atoms with E-state index in [1.54, 1.807) is 0 Å². The fraction of sp³-hybridized carbons (Fsp3) is 0.917. The fourth-order valence-corrected chi connectivity index (χ4v) is 3.27. The van der Waals surface area contributed by atoms with Gasteiger partial charge in [-0.25, -0.2) is 0 Å². The summed E-state index contributed by atoms with van der Waals surface area (Å²) in [5.74, 6) is -0.867. The van der Waals surface area contributed by atoms with E-state index in [1.807, 2.05) is 0 Å². The number of unbranched alkanes of at least 4 members (excludes halogenated alkanes) is 1. The number of carboxylic acids is 1. The van der Waals surface area contributed by atoms with Crippen molar-refractivity contribution in [2.75, 3.05) is 13.2 Å². The predicted molar refractivity (Wildman–Crippen MR) is 71.5 cm³/mol. The summed E-state index contributed by atoms with van der Waals surface area (Å²) in [5, 5.41) is 30.0. The van der Waals surface area contributed by atoms with Crippen LogP contribution in [0.2, 0.25) is 6.32 Å². The Morgan fingerprint density at radius 1 is 1.32 bits per heavy atom. The first-order valence-corrected chi connectivity index (χ1v) is 7.14. The molecule has 3 unspecified atom stereocenters. The van der Waals surface area contributed by atoms with E-state index in [2.05, 4.69) is 10.2 Å². The zero-order valence-electron chi connectivity index (χ0n) is 11.2. The number of hydrogen-bond acceptors (Lipinski definition) is 5. The number of fused-ring (bicyclic) bond motifs is 1. The van der Waals surface area contributed by atoms with Gasteiger partial charge in [0.2, 0.25) is 0 Å². The summed E-state index contributed by atoms with van der Waals surface area (Å²) in [7, 11) is -1.20. The molecule has 0 bridgehead atoms. The maximum absolute atomic E-state index is 11.0. The van der Waals surface area contributed by atoms with Crippen LogP contribution in [0.15, 0.2) is 0 Å². The SMILES string of the molecule is O=C(O)C1CCC2C(C1)NCN2CCCCB(O)O. The molecule has 4 N–H and O–H groups in total. The summed E-state index contributed by atoms with van der Waals surface area (Å²) in [6.45, 7) is 1.77. The molecule has 0 aromatic rings. The Morgan fingerprint density at radius 2 is 2.11 bits per heavy atom. The van der Waals surface area contributed by atoms with Crippen molar-refractivity contribution in [3.05, 3.63) is 0 Å². The molecule has 0 spiro atoms. The third-order valence-electron chi connectivity index (χ3n) is 4.35. The average Bonchev–Trinajstić information content (AvgIpc) is 2.76. The second-order valence-electron chi connectivity index (χ2n) is 5.67. The van der Waals surface area contributed by atoms with E-state index in [1.165, 1.54) is 0 Å². The molecule has 7 heteroatoms. The molecule has 1 aliphatic heterocycles. The third-order valence-corrected chi connectivity index (χ3v) is 4.35. The molecule has 3 atom stereocenters. The van der Waals surface area contributed by atoms with Crippen LogP contribution in [0, 0.1) is 5.92 Å². The highest BCUT2D eigenvalue weighted by Gasteiger charge is 2.40. The molecule has 2 rings (SSSR count). The Labute approximate surface area is 113 Å². The average molecular weight is 270 g/mol. The van der Waals surface area contributed by atoms with E-state index < -0.39 is 13.1 Å². The molecule has 2 aliphatic rings. The Balaban J connectivity index is 1.73. The molecular formula is C12H23BN2O4. The standard InChI is InChI=1S/C12H23BN2O4/c16-12(17)9-3-4-11-10(7-9)14-8-15(11)6-2-1-5-13(18)19/h9-11,14,18-19H,1-8H2,(H,16,17). The molecule has 2 fully saturated rings. The highest BCUT2D eigenvalue weighted by Crippen LogP contribution is 2.31. The highest BCUT2D eigenvalue weighted by atomic mass is 16.4. The molecule has 0 radical (unpaired) electrons. The molecule has 1 saturated heterocycles. The van der Waals surface area contributed by atoms with Gasteiger partial charge in [-0.05, 0) is 38.5 Å². The van der Waals surface area contributed by atoms with Gasteiger partial charge in [0.15, 0.2) is 0 Å². The van der Waals surface area contributed by atoms with Gasteiger partial charge in [-0.3, -0.25) is 15.0 Å². The normalized spacial score (nSPS) is 31.2. The second-order valence-corrected chi connectivity index (χ2v) is 5.67. The van der Waals surface area contributed by atoms with Crippen molar-refractivity contribution in [3.63, 3.8) is 0 Å². The van der Waals surface area contributed by atoms with E-state index >= 15 is 0 Å². The van der Waals surface area contributed by atoms with Gasteiger partial charge in [0.1, 0.15) is 0 Å². The number of hydrogen-bond donors (Lipinski definition) is 4. The summed E-state index contributed by atoms with van der Waals surface area (Å²) in [5.41, 5.74) is 0. The van der Waals surface area contributed by atoms with Crippen molar-refractivity contribution in [1.82, 2.24) is 10.2 Å². The van der Waals surface area contributed by atoms with Gasteiger partial charge in [-0.15, -0.1) is 0 Å². The van der Waals surface area contributed by atoms with Gasteiger partial charge >= 0.3 is 13.1 Å². The van der Waals surface area contributed by atoms with Crippen LogP contribution in [-0.4, -0.2) is 58.4 Å². The van der Waals surface area contributed by atoms with E-state index in [0.29, 0.717) is 18.4 Å². The molecule has 19 heavy (non-hydrogen) atoms. The lowest BCUT2D eigenvalue weighted by molar-refractivity contribution is -0.143. The van der Waals surface area contributed by atoms with Crippen molar-refractivity contribution in [2.45, 2.75) is 50.5 Å². The molecule has 6 nitrogen and oxygen atoms in total. The quantitative estimate of drug-likeness (QED) is 0.392. The van der Waals surface area contributed by atoms with Crippen molar-refractivity contribution < 1.29 is 19.9 Å². The summed E-state index contributed by atoms with van der Waals surface area (Å²) >= 11 is 0. The second kappa shape index (κ2) is 6.70. The van der Waals surface area contributed by atoms with Crippen LogP contribution in [0.3, 0.4) is 0 Å². The van der Waals surface area contributed by atoms with Crippen LogP contribution in [0.25, 0.3) is 0 Å².